The summed E-state index contributed by atoms with van der Waals surface area (Å²) in [5, 5.41) is 3.38. The summed E-state index contributed by atoms with van der Waals surface area (Å²) in [4.78, 5) is 4.49. The van der Waals surface area contributed by atoms with E-state index in [1.807, 2.05) is 6.20 Å². The molecule has 110 valence electrons. The number of nitrogens with zero attached hydrogens (tertiary/aromatic N) is 1. The largest absolute Gasteiger partial charge is 0.444 e. The Morgan fingerprint density at radius 2 is 1.85 bits per heavy atom. The van der Waals surface area contributed by atoms with E-state index in [1.54, 1.807) is 0 Å². The van der Waals surface area contributed by atoms with Crippen LogP contribution in [0.2, 0.25) is 0 Å². The van der Waals surface area contributed by atoms with Gasteiger partial charge in [-0.15, -0.1) is 0 Å². The van der Waals surface area contributed by atoms with Crippen molar-refractivity contribution in [3.05, 3.63) is 17.8 Å². The molecule has 4 aliphatic carbocycles. The van der Waals surface area contributed by atoms with Crippen molar-refractivity contribution >= 4 is 0 Å². The molecule has 0 aliphatic heterocycles. The molecule has 4 aliphatic rings. The van der Waals surface area contributed by atoms with E-state index < -0.39 is 0 Å². The van der Waals surface area contributed by atoms with Crippen LogP contribution in [0.15, 0.2) is 10.6 Å². The molecule has 0 aromatic carbocycles. The van der Waals surface area contributed by atoms with Gasteiger partial charge >= 0.3 is 0 Å². The first-order chi connectivity index (χ1) is 9.83. The number of oxazole rings is 1. The van der Waals surface area contributed by atoms with Gasteiger partial charge in [-0.05, 0) is 68.7 Å². The van der Waals surface area contributed by atoms with Crippen LogP contribution in [0.4, 0.5) is 0 Å². The molecule has 0 saturated heterocycles. The molecule has 1 heterocycles. The van der Waals surface area contributed by atoms with Gasteiger partial charge in [0, 0.05) is 5.92 Å². The predicted octanol–water partition coefficient (Wildman–Crippen LogP) is 3.71. The number of aromatic nitrogens is 1. The summed E-state index contributed by atoms with van der Waals surface area (Å²) < 4.78 is 6.08. The second-order valence-electron chi connectivity index (χ2n) is 7.29. The zero-order chi connectivity index (χ0) is 13.5. The fourth-order valence-corrected chi connectivity index (χ4v) is 5.32. The minimum Gasteiger partial charge on any atom is -0.444 e. The van der Waals surface area contributed by atoms with Crippen LogP contribution in [-0.2, 0) is 6.54 Å². The molecule has 1 aromatic heterocycles. The van der Waals surface area contributed by atoms with Crippen molar-refractivity contribution in [1.29, 1.82) is 0 Å². The molecule has 0 radical (unpaired) electrons. The molecule has 0 amide bonds. The van der Waals surface area contributed by atoms with E-state index in [1.165, 1.54) is 37.9 Å². The molecule has 5 rings (SSSR count). The Morgan fingerprint density at radius 3 is 2.50 bits per heavy atom. The monoisotopic (exact) mass is 274 g/mol. The minimum absolute atomic E-state index is 0.676. The Labute approximate surface area is 121 Å². The molecule has 1 N–H and O–H groups in total. The van der Waals surface area contributed by atoms with Gasteiger partial charge in [-0.1, -0.05) is 6.92 Å². The first-order valence-corrected chi connectivity index (χ1v) is 8.48. The highest BCUT2D eigenvalue weighted by atomic mass is 16.4. The van der Waals surface area contributed by atoms with Gasteiger partial charge in [0.25, 0.3) is 0 Å². The van der Waals surface area contributed by atoms with Crippen LogP contribution < -0.4 is 5.32 Å². The topological polar surface area (TPSA) is 38.1 Å². The Hall–Kier alpha value is -0.830. The molecular formula is C17H26N2O. The third kappa shape index (κ3) is 2.20. The molecular weight excluding hydrogens is 248 g/mol. The molecule has 4 saturated carbocycles. The zero-order valence-electron chi connectivity index (χ0n) is 12.5. The summed E-state index contributed by atoms with van der Waals surface area (Å²) in [5.74, 6) is 6.57. The summed E-state index contributed by atoms with van der Waals surface area (Å²) >= 11 is 0. The van der Waals surface area contributed by atoms with E-state index >= 15 is 0 Å². The predicted molar refractivity (Wildman–Crippen MR) is 78.3 cm³/mol. The van der Waals surface area contributed by atoms with Gasteiger partial charge in [-0.2, -0.15) is 0 Å². The third-order valence-corrected chi connectivity index (χ3v) is 5.83. The smallest absolute Gasteiger partial charge is 0.208 e. The van der Waals surface area contributed by atoms with E-state index in [9.17, 15) is 0 Å². The standard InChI is InChI=1S/C17H26N2O/c1-2-3-18-10-16-19-9-15(20-16)17-13-5-11-4-12(7-13)8-14(17)6-11/h9,11-14,17-18H,2-8,10H2,1H3. The number of hydrogen-bond donors (Lipinski definition) is 1. The van der Waals surface area contributed by atoms with E-state index in [-0.39, 0.29) is 0 Å². The maximum atomic E-state index is 6.08. The van der Waals surface area contributed by atoms with Crippen LogP contribution >= 0.6 is 0 Å². The lowest BCUT2D eigenvalue weighted by Gasteiger charge is -2.53. The van der Waals surface area contributed by atoms with Gasteiger partial charge in [-0.25, -0.2) is 4.98 Å². The highest BCUT2D eigenvalue weighted by molar-refractivity contribution is 5.13. The normalized spacial score (nSPS) is 38.5. The highest BCUT2D eigenvalue weighted by Gasteiger charge is 2.49. The van der Waals surface area contributed by atoms with Crippen LogP contribution in [-0.4, -0.2) is 11.5 Å². The van der Waals surface area contributed by atoms with E-state index in [2.05, 4.69) is 17.2 Å². The van der Waals surface area contributed by atoms with E-state index in [0.29, 0.717) is 5.92 Å². The molecule has 0 unspecified atom stereocenters. The summed E-state index contributed by atoms with van der Waals surface area (Å²) in [6.07, 6.45) is 10.5. The SMILES string of the molecule is CCCNCc1ncc(C2C3CC4CC(C3)CC2C4)o1. The van der Waals surface area contributed by atoms with Crippen molar-refractivity contribution in [2.45, 2.75) is 57.9 Å². The minimum atomic E-state index is 0.676. The second kappa shape index (κ2) is 5.18. The molecule has 4 bridgehead atoms. The van der Waals surface area contributed by atoms with Crippen molar-refractivity contribution in [3.8, 4) is 0 Å². The summed E-state index contributed by atoms with van der Waals surface area (Å²) in [6, 6.07) is 0. The molecule has 1 aromatic rings. The summed E-state index contributed by atoms with van der Waals surface area (Å²) in [7, 11) is 0. The number of hydrogen-bond acceptors (Lipinski definition) is 3. The first kappa shape index (κ1) is 12.9. The highest BCUT2D eigenvalue weighted by Crippen LogP contribution is 2.59. The lowest BCUT2D eigenvalue weighted by Crippen LogP contribution is -2.43. The maximum Gasteiger partial charge on any atom is 0.208 e. The van der Waals surface area contributed by atoms with Crippen molar-refractivity contribution in [2.24, 2.45) is 23.7 Å². The van der Waals surface area contributed by atoms with Crippen LogP contribution in [0, 0.1) is 23.7 Å². The van der Waals surface area contributed by atoms with Crippen molar-refractivity contribution in [2.75, 3.05) is 6.54 Å². The molecule has 4 fully saturated rings. The Balaban J connectivity index is 1.47. The number of nitrogens with one attached hydrogen (secondary N) is 1. The van der Waals surface area contributed by atoms with Crippen LogP contribution in [0.5, 0.6) is 0 Å². The fourth-order valence-electron chi connectivity index (χ4n) is 5.32. The molecule has 0 spiro atoms. The van der Waals surface area contributed by atoms with Crippen molar-refractivity contribution < 1.29 is 4.42 Å². The third-order valence-electron chi connectivity index (χ3n) is 5.83. The Bertz CT molecular complexity index is 439. The van der Waals surface area contributed by atoms with Crippen LogP contribution in [0.3, 0.4) is 0 Å². The van der Waals surface area contributed by atoms with Crippen molar-refractivity contribution in [1.82, 2.24) is 10.3 Å². The lowest BCUT2D eigenvalue weighted by molar-refractivity contribution is -0.00994. The second-order valence-corrected chi connectivity index (χ2v) is 7.29. The first-order valence-electron chi connectivity index (χ1n) is 8.48. The van der Waals surface area contributed by atoms with Gasteiger partial charge in [-0.3, -0.25) is 0 Å². The Morgan fingerprint density at radius 1 is 1.15 bits per heavy atom. The van der Waals surface area contributed by atoms with Gasteiger partial charge in [0.1, 0.15) is 5.76 Å². The van der Waals surface area contributed by atoms with Crippen molar-refractivity contribution in [3.63, 3.8) is 0 Å². The molecule has 3 nitrogen and oxygen atoms in total. The van der Waals surface area contributed by atoms with Gasteiger partial charge in [0.05, 0.1) is 12.7 Å². The maximum absolute atomic E-state index is 6.08. The van der Waals surface area contributed by atoms with Gasteiger partial charge < -0.3 is 9.73 Å². The van der Waals surface area contributed by atoms with E-state index in [0.717, 1.165) is 49.1 Å². The average Bonchev–Trinajstić information content (AvgIpc) is 2.86. The van der Waals surface area contributed by atoms with E-state index in [4.69, 9.17) is 4.42 Å². The van der Waals surface area contributed by atoms with Crippen LogP contribution in [0.1, 0.15) is 63.0 Å². The average molecular weight is 274 g/mol. The quantitative estimate of drug-likeness (QED) is 0.832. The fraction of sp³-hybridized carbons (Fsp3) is 0.824. The summed E-state index contributed by atoms with van der Waals surface area (Å²) in [6.45, 7) is 4.00. The molecule has 3 heteroatoms. The molecule has 0 atom stereocenters. The number of rotatable bonds is 5. The Kier molecular flexibility index (Phi) is 3.33. The lowest BCUT2D eigenvalue weighted by atomic mass is 9.51. The zero-order valence-corrected chi connectivity index (χ0v) is 12.5. The summed E-state index contributed by atoms with van der Waals surface area (Å²) in [5.41, 5.74) is 0. The van der Waals surface area contributed by atoms with Crippen LogP contribution in [0.25, 0.3) is 0 Å². The molecule has 20 heavy (non-hydrogen) atoms. The van der Waals surface area contributed by atoms with Gasteiger partial charge in [0.2, 0.25) is 5.89 Å². The van der Waals surface area contributed by atoms with Gasteiger partial charge in [0.15, 0.2) is 0 Å².